The van der Waals surface area contributed by atoms with Crippen LogP contribution in [-0.4, -0.2) is 21.5 Å². The zero-order valence-corrected chi connectivity index (χ0v) is 10.7. The fourth-order valence-electron chi connectivity index (χ4n) is 1.88. The van der Waals surface area contributed by atoms with Gasteiger partial charge < -0.3 is 5.32 Å². The highest BCUT2D eigenvalue weighted by atomic mass is 19.2. The van der Waals surface area contributed by atoms with Crippen molar-refractivity contribution in [2.45, 2.75) is 25.9 Å². The SMILES string of the molecule is CC(NCCCn1ccnn1)c1cccc(F)c1F. The van der Waals surface area contributed by atoms with Gasteiger partial charge in [0.1, 0.15) is 0 Å². The highest BCUT2D eigenvalue weighted by Crippen LogP contribution is 2.18. The van der Waals surface area contributed by atoms with Gasteiger partial charge >= 0.3 is 0 Å². The lowest BCUT2D eigenvalue weighted by atomic mass is 10.1. The summed E-state index contributed by atoms with van der Waals surface area (Å²) in [5, 5.41) is 10.7. The van der Waals surface area contributed by atoms with Gasteiger partial charge in [-0.3, -0.25) is 4.68 Å². The van der Waals surface area contributed by atoms with Crippen molar-refractivity contribution in [2.75, 3.05) is 6.54 Å². The number of nitrogens with one attached hydrogen (secondary N) is 1. The molecule has 0 aliphatic carbocycles. The minimum Gasteiger partial charge on any atom is -0.310 e. The van der Waals surface area contributed by atoms with Crippen LogP contribution in [0.2, 0.25) is 0 Å². The third-order valence-electron chi connectivity index (χ3n) is 2.93. The molecule has 19 heavy (non-hydrogen) atoms. The summed E-state index contributed by atoms with van der Waals surface area (Å²) in [6.45, 7) is 3.25. The number of hydrogen-bond acceptors (Lipinski definition) is 3. The van der Waals surface area contributed by atoms with E-state index in [0.29, 0.717) is 12.1 Å². The first-order valence-electron chi connectivity index (χ1n) is 6.20. The Morgan fingerprint density at radius 2 is 2.21 bits per heavy atom. The third kappa shape index (κ3) is 3.57. The van der Waals surface area contributed by atoms with E-state index in [9.17, 15) is 8.78 Å². The first kappa shape index (κ1) is 13.6. The molecule has 2 aromatic rings. The van der Waals surface area contributed by atoms with Crippen LogP contribution in [0.5, 0.6) is 0 Å². The van der Waals surface area contributed by atoms with Crippen LogP contribution in [0.4, 0.5) is 8.78 Å². The molecule has 6 heteroatoms. The maximum absolute atomic E-state index is 13.5. The van der Waals surface area contributed by atoms with Crippen molar-refractivity contribution < 1.29 is 8.78 Å². The Bertz CT molecular complexity index is 513. The monoisotopic (exact) mass is 266 g/mol. The molecule has 1 aromatic heterocycles. The third-order valence-corrected chi connectivity index (χ3v) is 2.93. The van der Waals surface area contributed by atoms with Crippen LogP contribution in [0.1, 0.15) is 24.9 Å². The number of aryl methyl sites for hydroxylation is 1. The molecule has 1 atom stereocenters. The molecule has 0 radical (unpaired) electrons. The Morgan fingerprint density at radius 1 is 1.37 bits per heavy atom. The van der Waals surface area contributed by atoms with E-state index in [1.54, 1.807) is 23.1 Å². The van der Waals surface area contributed by atoms with Gasteiger partial charge in [0.2, 0.25) is 0 Å². The van der Waals surface area contributed by atoms with Crippen molar-refractivity contribution in [3.8, 4) is 0 Å². The summed E-state index contributed by atoms with van der Waals surface area (Å²) < 4.78 is 28.4. The molecule has 0 saturated heterocycles. The normalized spacial score (nSPS) is 12.6. The molecule has 1 unspecified atom stereocenters. The molecule has 0 bridgehead atoms. The number of benzene rings is 1. The van der Waals surface area contributed by atoms with Crippen LogP contribution >= 0.6 is 0 Å². The zero-order valence-electron chi connectivity index (χ0n) is 10.7. The Kier molecular flexibility index (Phi) is 4.57. The minimum absolute atomic E-state index is 0.230. The Balaban J connectivity index is 1.81. The van der Waals surface area contributed by atoms with Gasteiger partial charge in [-0.2, -0.15) is 0 Å². The molecule has 0 fully saturated rings. The maximum Gasteiger partial charge on any atom is 0.163 e. The zero-order chi connectivity index (χ0) is 13.7. The molecule has 2 rings (SSSR count). The molecule has 0 aliphatic heterocycles. The summed E-state index contributed by atoms with van der Waals surface area (Å²) in [6.07, 6.45) is 4.25. The second kappa shape index (κ2) is 6.38. The van der Waals surface area contributed by atoms with E-state index in [4.69, 9.17) is 0 Å². The number of halogens is 2. The second-order valence-electron chi connectivity index (χ2n) is 4.34. The summed E-state index contributed by atoms with van der Waals surface area (Å²) in [6, 6.07) is 4.00. The van der Waals surface area contributed by atoms with Crippen molar-refractivity contribution in [3.05, 3.63) is 47.8 Å². The van der Waals surface area contributed by atoms with Gasteiger partial charge in [0.25, 0.3) is 0 Å². The molecule has 0 spiro atoms. The van der Waals surface area contributed by atoms with Crippen molar-refractivity contribution in [1.29, 1.82) is 0 Å². The van der Waals surface area contributed by atoms with Crippen molar-refractivity contribution in [2.24, 2.45) is 0 Å². The van der Waals surface area contributed by atoms with Gasteiger partial charge in [0.05, 0.1) is 6.20 Å². The average molecular weight is 266 g/mol. The summed E-state index contributed by atoms with van der Waals surface area (Å²) in [5.41, 5.74) is 0.348. The summed E-state index contributed by atoms with van der Waals surface area (Å²) in [7, 11) is 0. The fourth-order valence-corrected chi connectivity index (χ4v) is 1.88. The van der Waals surface area contributed by atoms with E-state index >= 15 is 0 Å². The van der Waals surface area contributed by atoms with Gasteiger partial charge in [-0.15, -0.1) is 5.10 Å². The van der Waals surface area contributed by atoms with E-state index in [1.807, 2.05) is 6.92 Å². The van der Waals surface area contributed by atoms with E-state index in [2.05, 4.69) is 15.6 Å². The minimum atomic E-state index is -0.811. The Labute approximate surface area is 110 Å². The number of hydrogen-bond donors (Lipinski definition) is 1. The first-order valence-corrected chi connectivity index (χ1v) is 6.20. The summed E-state index contributed by atoms with van der Waals surface area (Å²) in [5.74, 6) is -1.59. The smallest absolute Gasteiger partial charge is 0.163 e. The van der Waals surface area contributed by atoms with Gasteiger partial charge in [-0.1, -0.05) is 17.3 Å². The lowest BCUT2D eigenvalue weighted by Gasteiger charge is -2.15. The Morgan fingerprint density at radius 3 is 2.95 bits per heavy atom. The largest absolute Gasteiger partial charge is 0.310 e. The van der Waals surface area contributed by atoms with E-state index in [0.717, 1.165) is 19.0 Å². The first-order chi connectivity index (χ1) is 9.18. The van der Waals surface area contributed by atoms with Crippen LogP contribution in [0, 0.1) is 11.6 Å². The second-order valence-corrected chi connectivity index (χ2v) is 4.34. The molecule has 4 nitrogen and oxygen atoms in total. The van der Waals surface area contributed by atoms with Gasteiger partial charge in [0, 0.05) is 24.3 Å². The molecule has 1 aromatic carbocycles. The van der Waals surface area contributed by atoms with E-state index in [-0.39, 0.29) is 6.04 Å². The van der Waals surface area contributed by atoms with Crippen molar-refractivity contribution >= 4 is 0 Å². The van der Waals surface area contributed by atoms with Gasteiger partial charge in [0.15, 0.2) is 11.6 Å². The predicted molar refractivity (Wildman–Crippen MR) is 67.4 cm³/mol. The lowest BCUT2D eigenvalue weighted by Crippen LogP contribution is -2.22. The van der Waals surface area contributed by atoms with Crippen molar-refractivity contribution in [1.82, 2.24) is 20.3 Å². The molecular weight excluding hydrogens is 250 g/mol. The fraction of sp³-hybridized carbons (Fsp3) is 0.385. The van der Waals surface area contributed by atoms with Gasteiger partial charge in [-0.25, -0.2) is 8.78 Å². The standard InChI is InChI=1S/C13H16F2N4/c1-10(11-4-2-5-12(14)13(11)15)16-6-3-8-19-9-7-17-18-19/h2,4-5,7,9-10,16H,3,6,8H2,1H3. The molecule has 0 saturated carbocycles. The number of nitrogens with zero attached hydrogens (tertiary/aromatic N) is 3. The van der Waals surface area contributed by atoms with Crippen LogP contribution in [0.3, 0.4) is 0 Å². The molecule has 1 N–H and O–H groups in total. The highest BCUT2D eigenvalue weighted by Gasteiger charge is 2.13. The lowest BCUT2D eigenvalue weighted by molar-refractivity contribution is 0.461. The number of rotatable bonds is 6. The van der Waals surface area contributed by atoms with Crippen LogP contribution in [0.25, 0.3) is 0 Å². The average Bonchev–Trinajstić information content (AvgIpc) is 2.91. The quantitative estimate of drug-likeness (QED) is 0.816. The van der Waals surface area contributed by atoms with Crippen LogP contribution in [0.15, 0.2) is 30.6 Å². The summed E-state index contributed by atoms with van der Waals surface area (Å²) >= 11 is 0. The van der Waals surface area contributed by atoms with E-state index < -0.39 is 11.6 Å². The number of aromatic nitrogens is 3. The molecular formula is C13H16F2N4. The predicted octanol–water partition coefficient (Wildman–Crippen LogP) is 2.30. The van der Waals surface area contributed by atoms with Crippen LogP contribution < -0.4 is 5.32 Å². The highest BCUT2D eigenvalue weighted by molar-refractivity contribution is 5.21. The topological polar surface area (TPSA) is 42.7 Å². The molecule has 0 amide bonds. The van der Waals surface area contributed by atoms with Gasteiger partial charge in [-0.05, 0) is 26.0 Å². The van der Waals surface area contributed by atoms with E-state index in [1.165, 1.54) is 6.07 Å². The molecule has 0 aliphatic rings. The van der Waals surface area contributed by atoms with Crippen molar-refractivity contribution in [3.63, 3.8) is 0 Å². The van der Waals surface area contributed by atoms with Crippen LogP contribution in [-0.2, 0) is 6.54 Å². The molecule has 1 heterocycles. The Hall–Kier alpha value is -1.82. The maximum atomic E-state index is 13.5. The summed E-state index contributed by atoms with van der Waals surface area (Å²) in [4.78, 5) is 0. The molecule has 102 valence electrons.